The predicted molar refractivity (Wildman–Crippen MR) is 138 cm³/mol. The van der Waals surface area contributed by atoms with E-state index < -0.39 is 6.09 Å². The molecule has 1 amide bonds. The molecule has 10 heteroatoms. The predicted octanol–water partition coefficient (Wildman–Crippen LogP) is 5.23. The largest absolute Gasteiger partial charge is 0.465 e. The number of nitrogens with zero attached hydrogens (tertiary/aromatic N) is 3. The first-order chi connectivity index (χ1) is 17.0. The lowest BCUT2D eigenvalue weighted by molar-refractivity contribution is 0.126. The Morgan fingerprint density at radius 1 is 1.00 bits per heavy atom. The van der Waals surface area contributed by atoms with Gasteiger partial charge in [-0.25, -0.2) is 14.8 Å². The van der Waals surface area contributed by atoms with Crippen molar-refractivity contribution in [3.8, 4) is 0 Å². The van der Waals surface area contributed by atoms with Gasteiger partial charge in [-0.2, -0.15) is 4.98 Å². The minimum atomic E-state index is -1.10. The maximum atomic E-state index is 10.9. The second kappa shape index (κ2) is 10.2. The fourth-order valence-electron chi connectivity index (χ4n) is 4.21. The van der Waals surface area contributed by atoms with Gasteiger partial charge in [-0.15, -0.1) is 0 Å². The summed E-state index contributed by atoms with van der Waals surface area (Å²) in [5.41, 5.74) is 3.30. The highest BCUT2D eigenvalue weighted by Gasteiger charge is 2.20. The summed E-state index contributed by atoms with van der Waals surface area (Å²) in [6, 6.07) is 17.5. The average Bonchev–Trinajstić information content (AvgIpc) is 3.22. The number of hydrogen-bond acceptors (Lipinski definition) is 8. The Morgan fingerprint density at radius 3 is 2.57 bits per heavy atom. The van der Waals surface area contributed by atoms with Crippen LogP contribution < -0.4 is 16.0 Å². The standard InChI is InChI=1S/C25H26N6O3S/c32-19-9-6-16(7-10-19)26-23-27-18(12-15-4-2-1-3-5-15)14-22(30-23)31-24-29-20-11-8-17(28-25(33)34)13-21(20)35-24/h1-5,8,11,13-14,16,19,28,32H,6-7,9-10,12H2,(H,33,34)(H2,26,27,29,30,31). The van der Waals surface area contributed by atoms with Crippen LogP contribution in [0.5, 0.6) is 0 Å². The van der Waals surface area contributed by atoms with E-state index in [1.807, 2.05) is 24.3 Å². The Hall–Kier alpha value is -3.76. The third-order valence-corrected chi connectivity index (χ3v) is 6.85. The van der Waals surface area contributed by atoms with Crippen molar-refractivity contribution in [2.45, 2.75) is 44.2 Å². The first kappa shape index (κ1) is 23.0. The lowest BCUT2D eigenvalue weighted by Crippen LogP contribution is -2.29. The van der Waals surface area contributed by atoms with Crippen molar-refractivity contribution < 1.29 is 15.0 Å². The van der Waals surface area contributed by atoms with Crippen LogP contribution in [0.3, 0.4) is 0 Å². The number of anilines is 4. The lowest BCUT2D eigenvalue weighted by atomic mass is 9.93. The Balaban J connectivity index is 1.40. The van der Waals surface area contributed by atoms with E-state index in [0.717, 1.165) is 47.2 Å². The molecule has 9 nitrogen and oxygen atoms in total. The van der Waals surface area contributed by atoms with Gasteiger partial charge in [0.25, 0.3) is 0 Å². The number of fused-ring (bicyclic) bond motifs is 1. The van der Waals surface area contributed by atoms with E-state index in [4.69, 9.17) is 15.1 Å². The van der Waals surface area contributed by atoms with Gasteiger partial charge in [0, 0.05) is 24.2 Å². The summed E-state index contributed by atoms with van der Waals surface area (Å²) >= 11 is 1.42. The topological polar surface area (TPSA) is 132 Å². The van der Waals surface area contributed by atoms with Crippen LogP contribution in [0.15, 0.2) is 54.6 Å². The van der Waals surface area contributed by atoms with E-state index >= 15 is 0 Å². The molecule has 2 heterocycles. The fraction of sp³-hybridized carbons (Fsp3) is 0.280. The van der Waals surface area contributed by atoms with Crippen molar-refractivity contribution in [2.24, 2.45) is 0 Å². The number of rotatable bonds is 7. The number of benzene rings is 2. The van der Waals surface area contributed by atoms with Gasteiger partial charge in [-0.1, -0.05) is 41.7 Å². The van der Waals surface area contributed by atoms with Gasteiger partial charge in [-0.05, 0) is 49.4 Å². The van der Waals surface area contributed by atoms with Crippen molar-refractivity contribution in [1.82, 2.24) is 15.0 Å². The van der Waals surface area contributed by atoms with Gasteiger partial charge in [0.1, 0.15) is 5.82 Å². The molecule has 0 atom stereocenters. The van der Waals surface area contributed by atoms with Gasteiger partial charge < -0.3 is 20.8 Å². The Bertz CT molecular complexity index is 1320. The number of thiazole rings is 1. The summed E-state index contributed by atoms with van der Waals surface area (Å²) in [5.74, 6) is 1.18. The summed E-state index contributed by atoms with van der Waals surface area (Å²) in [6.07, 6.45) is 2.64. The molecule has 180 valence electrons. The number of amides is 1. The van der Waals surface area contributed by atoms with E-state index in [-0.39, 0.29) is 12.1 Å². The molecule has 0 bridgehead atoms. The normalized spacial score (nSPS) is 17.7. The van der Waals surface area contributed by atoms with Crippen molar-refractivity contribution in [1.29, 1.82) is 0 Å². The van der Waals surface area contributed by atoms with Crippen LogP contribution >= 0.6 is 11.3 Å². The maximum Gasteiger partial charge on any atom is 0.409 e. The molecule has 5 rings (SSSR count). The number of carboxylic acid groups (broad SMARTS) is 1. The van der Waals surface area contributed by atoms with Crippen LogP contribution in [0.4, 0.5) is 27.4 Å². The van der Waals surface area contributed by atoms with Crippen molar-refractivity contribution in [3.05, 3.63) is 65.9 Å². The number of nitrogens with one attached hydrogen (secondary N) is 3. The molecule has 0 saturated heterocycles. The molecular weight excluding hydrogens is 464 g/mol. The molecule has 1 fully saturated rings. The zero-order valence-electron chi connectivity index (χ0n) is 18.9. The molecule has 1 aliphatic rings. The summed E-state index contributed by atoms with van der Waals surface area (Å²) in [7, 11) is 0. The molecule has 0 unspecified atom stereocenters. The van der Waals surface area contributed by atoms with Crippen molar-refractivity contribution >= 4 is 50.2 Å². The van der Waals surface area contributed by atoms with Gasteiger partial charge in [0.15, 0.2) is 5.13 Å². The molecule has 1 saturated carbocycles. The quantitative estimate of drug-likeness (QED) is 0.238. The molecule has 4 aromatic rings. The molecule has 35 heavy (non-hydrogen) atoms. The van der Waals surface area contributed by atoms with Crippen LogP contribution in [-0.2, 0) is 6.42 Å². The minimum absolute atomic E-state index is 0.221. The average molecular weight is 491 g/mol. The van der Waals surface area contributed by atoms with E-state index in [9.17, 15) is 9.90 Å². The molecular formula is C25H26N6O3S. The SMILES string of the molecule is O=C(O)Nc1ccc2nc(Nc3cc(Cc4ccccc4)nc(NC4CCC(O)CC4)n3)sc2c1. The van der Waals surface area contributed by atoms with E-state index in [1.54, 1.807) is 18.2 Å². The van der Waals surface area contributed by atoms with Crippen molar-refractivity contribution in [3.63, 3.8) is 0 Å². The number of carbonyl (C=O) groups is 1. The minimum Gasteiger partial charge on any atom is -0.465 e. The van der Waals surface area contributed by atoms with Crippen LogP contribution in [-0.4, -0.2) is 43.4 Å². The molecule has 0 spiro atoms. The Morgan fingerprint density at radius 2 is 1.80 bits per heavy atom. The molecule has 5 N–H and O–H groups in total. The number of aliphatic hydroxyl groups is 1. The van der Waals surface area contributed by atoms with Crippen molar-refractivity contribution in [2.75, 3.05) is 16.0 Å². The first-order valence-electron chi connectivity index (χ1n) is 11.5. The molecule has 0 aliphatic heterocycles. The molecule has 1 aliphatic carbocycles. The smallest absolute Gasteiger partial charge is 0.409 e. The molecule has 0 radical (unpaired) electrons. The van der Waals surface area contributed by atoms with Crippen LogP contribution in [0, 0.1) is 0 Å². The summed E-state index contributed by atoms with van der Waals surface area (Å²) in [5, 5.41) is 28.6. The zero-order chi connectivity index (χ0) is 24.2. The Kier molecular flexibility index (Phi) is 6.73. The molecule has 2 aromatic carbocycles. The van der Waals surface area contributed by atoms with Gasteiger partial charge in [0.2, 0.25) is 5.95 Å². The highest BCUT2D eigenvalue weighted by Crippen LogP contribution is 2.31. The second-order valence-electron chi connectivity index (χ2n) is 8.64. The van der Waals surface area contributed by atoms with Crippen LogP contribution in [0.25, 0.3) is 10.2 Å². The van der Waals surface area contributed by atoms with E-state index in [1.165, 1.54) is 11.3 Å². The van der Waals surface area contributed by atoms with E-state index in [0.29, 0.717) is 29.0 Å². The summed E-state index contributed by atoms with van der Waals surface area (Å²) in [6.45, 7) is 0. The van der Waals surface area contributed by atoms with Gasteiger partial charge in [-0.3, -0.25) is 5.32 Å². The number of hydrogen-bond donors (Lipinski definition) is 5. The first-order valence-corrected chi connectivity index (χ1v) is 12.4. The highest BCUT2D eigenvalue weighted by molar-refractivity contribution is 7.22. The Labute approximate surface area is 206 Å². The summed E-state index contributed by atoms with van der Waals surface area (Å²) in [4.78, 5) is 25.0. The monoisotopic (exact) mass is 490 g/mol. The third kappa shape index (κ3) is 6.03. The fourth-order valence-corrected chi connectivity index (χ4v) is 5.13. The molecule has 2 aromatic heterocycles. The van der Waals surface area contributed by atoms with Crippen LogP contribution in [0.1, 0.15) is 36.9 Å². The summed E-state index contributed by atoms with van der Waals surface area (Å²) < 4.78 is 0.858. The van der Waals surface area contributed by atoms with E-state index in [2.05, 4.69) is 33.1 Å². The third-order valence-electron chi connectivity index (χ3n) is 5.91. The van der Waals surface area contributed by atoms with Gasteiger partial charge in [0.05, 0.1) is 22.0 Å². The zero-order valence-corrected chi connectivity index (χ0v) is 19.8. The lowest BCUT2D eigenvalue weighted by Gasteiger charge is -2.26. The maximum absolute atomic E-state index is 10.9. The van der Waals surface area contributed by atoms with Gasteiger partial charge >= 0.3 is 6.09 Å². The second-order valence-corrected chi connectivity index (χ2v) is 9.67. The number of aromatic nitrogens is 3. The highest BCUT2D eigenvalue weighted by atomic mass is 32.1. The van der Waals surface area contributed by atoms with Crippen LogP contribution in [0.2, 0.25) is 0 Å². The number of aliphatic hydroxyl groups excluding tert-OH is 1.